The predicted octanol–water partition coefficient (Wildman–Crippen LogP) is 3.11. The molecule has 84 valence electrons. The van der Waals surface area contributed by atoms with Crippen LogP contribution in [0.4, 0.5) is 0 Å². The summed E-state index contributed by atoms with van der Waals surface area (Å²) in [4.78, 5) is 13.4. The summed E-state index contributed by atoms with van der Waals surface area (Å²) < 4.78 is 0. The molecule has 0 aliphatic heterocycles. The fraction of sp³-hybridized carbons (Fsp3) is 0. The normalized spacial score (nSPS) is 10.9. The molecule has 6 heteroatoms. The molecule has 3 aromatic rings. The number of nitrogens with zero attached hydrogens (tertiary/aromatic N) is 3. The maximum atomic E-state index is 9.36. The molecule has 0 spiro atoms. The molecule has 0 aliphatic rings. The molecule has 0 radical (unpaired) electrons. The maximum Gasteiger partial charge on any atom is 0.190 e. The zero-order chi connectivity index (χ0) is 11.8. The average Bonchev–Trinajstić information content (AvgIpc) is 2.76. The van der Waals surface area contributed by atoms with Crippen LogP contribution in [0.2, 0.25) is 5.02 Å². The number of fused-ring (bicyclic) bond motifs is 1. The Morgan fingerprint density at radius 2 is 2.00 bits per heavy atom. The van der Waals surface area contributed by atoms with E-state index >= 15 is 0 Å². The van der Waals surface area contributed by atoms with Gasteiger partial charge >= 0.3 is 0 Å². The summed E-state index contributed by atoms with van der Waals surface area (Å²) in [5.41, 5.74) is 1.47. The molecule has 0 amide bonds. The van der Waals surface area contributed by atoms with Crippen LogP contribution in [-0.4, -0.2) is 20.1 Å². The molecule has 4 nitrogen and oxygen atoms in total. The van der Waals surface area contributed by atoms with E-state index in [0.717, 1.165) is 15.4 Å². The van der Waals surface area contributed by atoms with Crippen molar-refractivity contribution in [1.82, 2.24) is 15.0 Å². The lowest BCUT2D eigenvalue weighted by Gasteiger charge is -1.98. The number of aromatic hydroxyl groups is 1. The van der Waals surface area contributed by atoms with Crippen molar-refractivity contribution < 1.29 is 5.11 Å². The van der Waals surface area contributed by atoms with Gasteiger partial charge in [0.15, 0.2) is 10.5 Å². The molecule has 0 bridgehead atoms. The molecule has 0 saturated heterocycles. The lowest BCUT2D eigenvalue weighted by molar-refractivity contribution is 0.475. The third-order valence-electron chi connectivity index (χ3n) is 2.24. The number of thiazole rings is 1. The van der Waals surface area contributed by atoms with Crippen molar-refractivity contribution >= 4 is 33.4 Å². The Hall–Kier alpha value is -1.72. The van der Waals surface area contributed by atoms with Crippen LogP contribution in [0.15, 0.2) is 30.6 Å². The minimum Gasteiger partial charge on any atom is -0.506 e. The summed E-state index contributed by atoms with van der Waals surface area (Å²) in [6.07, 6.45) is 3.24. The Kier molecular flexibility index (Phi) is 2.42. The number of hydrogen-bond acceptors (Lipinski definition) is 5. The molecular weight excluding hydrogens is 258 g/mol. The predicted molar refractivity (Wildman–Crippen MR) is 67.3 cm³/mol. The quantitative estimate of drug-likeness (QED) is 0.733. The average molecular weight is 264 g/mol. The first kappa shape index (κ1) is 10.4. The van der Waals surface area contributed by atoms with Crippen molar-refractivity contribution in [2.45, 2.75) is 0 Å². The first-order valence-corrected chi connectivity index (χ1v) is 6.00. The fourth-order valence-corrected chi connectivity index (χ4v) is 2.48. The minimum atomic E-state index is 0.0628. The van der Waals surface area contributed by atoms with Gasteiger partial charge in [0.2, 0.25) is 0 Å². The van der Waals surface area contributed by atoms with Crippen LogP contribution in [0.3, 0.4) is 0 Å². The molecule has 1 aromatic carbocycles. The van der Waals surface area contributed by atoms with Gasteiger partial charge in [0, 0.05) is 18.0 Å². The molecule has 1 N–H and O–H groups in total. The Morgan fingerprint density at radius 3 is 2.76 bits per heavy atom. The summed E-state index contributed by atoms with van der Waals surface area (Å²) in [6, 6.07) is 4.98. The number of aromatic nitrogens is 3. The van der Waals surface area contributed by atoms with E-state index in [2.05, 4.69) is 15.0 Å². The zero-order valence-corrected chi connectivity index (χ0v) is 10.0. The summed E-state index contributed by atoms with van der Waals surface area (Å²) in [6.45, 7) is 0. The first-order valence-electron chi connectivity index (χ1n) is 4.80. The highest BCUT2D eigenvalue weighted by Crippen LogP contribution is 2.32. The van der Waals surface area contributed by atoms with Crippen LogP contribution in [0.25, 0.3) is 21.0 Å². The number of rotatable bonds is 1. The van der Waals surface area contributed by atoms with E-state index in [9.17, 15) is 5.11 Å². The van der Waals surface area contributed by atoms with Gasteiger partial charge in [-0.2, -0.15) is 0 Å². The number of halogens is 1. The Balaban J connectivity index is 2.17. The zero-order valence-electron chi connectivity index (χ0n) is 8.46. The van der Waals surface area contributed by atoms with E-state index in [1.807, 2.05) is 0 Å². The third-order valence-corrected chi connectivity index (χ3v) is 3.55. The lowest BCUT2D eigenvalue weighted by atomic mass is 10.2. The van der Waals surface area contributed by atoms with Gasteiger partial charge in [-0.1, -0.05) is 22.9 Å². The largest absolute Gasteiger partial charge is 0.506 e. The van der Waals surface area contributed by atoms with Gasteiger partial charge in [0.1, 0.15) is 10.8 Å². The second-order valence-corrected chi connectivity index (χ2v) is 4.76. The fourth-order valence-electron chi connectivity index (χ4n) is 1.44. The van der Waals surface area contributed by atoms with Crippen molar-refractivity contribution in [3.05, 3.63) is 35.6 Å². The molecule has 2 heterocycles. The van der Waals surface area contributed by atoms with E-state index < -0.39 is 0 Å². The van der Waals surface area contributed by atoms with Gasteiger partial charge < -0.3 is 5.11 Å². The standard InChI is InChI=1S/C11H6ClN3OS/c12-7-5-6(1-2-8(7)16)10-15-9-11(17-10)14-4-3-13-9/h1-5,16H. The molecule has 3 rings (SSSR count). The summed E-state index contributed by atoms with van der Waals surface area (Å²) in [5, 5.41) is 10.5. The summed E-state index contributed by atoms with van der Waals surface area (Å²) in [5.74, 6) is 0.0628. The van der Waals surface area contributed by atoms with E-state index in [4.69, 9.17) is 11.6 Å². The van der Waals surface area contributed by atoms with Crippen molar-refractivity contribution in [2.75, 3.05) is 0 Å². The SMILES string of the molecule is Oc1ccc(-c2nc3nccnc3s2)cc1Cl. The topological polar surface area (TPSA) is 58.9 Å². The van der Waals surface area contributed by atoms with E-state index in [1.165, 1.54) is 11.3 Å². The lowest BCUT2D eigenvalue weighted by Crippen LogP contribution is -1.78. The Labute approximate surface area is 106 Å². The van der Waals surface area contributed by atoms with Gasteiger partial charge in [-0.15, -0.1) is 0 Å². The van der Waals surface area contributed by atoms with Gasteiger partial charge in [-0.05, 0) is 18.2 Å². The van der Waals surface area contributed by atoms with E-state index in [0.29, 0.717) is 10.7 Å². The van der Waals surface area contributed by atoms with Crippen molar-refractivity contribution in [3.8, 4) is 16.3 Å². The summed E-state index contributed by atoms with van der Waals surface area (Å²) in [7, 11) is 0. The second kappa shape index (κ2) is 3.94. The van der Waals surface area contributed by atoms with Crippen LogP contribution in [0.5, 0.6) is 5.75 Å². The minimum absolute atomic E-state index is 0.0628. The molecule has 0 fully saturated rings. The molecular formula is C11H6ClN3OS. The van der Waals surface area contributed by atoms with Crippen molar-refractivity contribution in [2.24, 2.45) is 0 Å². The van der Waals surface area contributed by atoms with Crippen molar-refractivity contribution in [3.63, 3.8) is 0 Å². The first-order chi connectivity index (χ1) is 8.24. The monoisotopic (exact) mass is 263 g/mol. The van der Waals surface area contributed by atoms with Crippen LogP contribution in [0.1, 0.15) is 0 Å². The highest BCUT2D eigenvalue weighted by Gasteiger charge is 2.09. The highest BCUT2D eigenvalue weighted by atomic mass is 35.5. The number of benzene rings is 1. The van der Waals surface area contributed by atoms with Crippen LogP contribution >= 0.6 is 22.9 Å². The molecule has 0 saturated carbocycles. The van der Waals surface area contributed by atoms with Gasteiger partial charge in [-0.25, -0.2) is 15.0 Å². The number of phenolic OH excluding ortho intramolecular Hbond substituents is 1. The molecule has 0 atom stereocenters. The van der Waals surface area contributed by atoms with E-state index in [1.54, 1.807) is 30.6 Å². The highest BCUT2D eigenvalue weighted by molar-refractivity contribution is 7.21. The second-order valence-electron chi connectivity index (χ2n) is 3.37. The van der Waals surface area contributed by atoms with E-state index in [-0.39, 0.29) is 5.75 Å². The van der Waals surface area contributed by atoms with Crippen LogP contribution < -0.4 is 0 Å². The maximum absolute atomic E-state index is 9.36. The summed E-state index contributed by atoms with van der Waals surface area (Å²) >= 11 is 7.30. The Morgan fingerprint density at radius 1 is 1.18 bits per heavy atom. The smallest absolute Gasteiger partial charge is 0.190 e. The third kappa shape index (κ3) is 1.83. The number of phenols is 1. The van der Waals surface area contributed by atoms with Crippen LogP contribution in [-0.2, 0) is 0 Å². The molecule has 0 unspecified atom stereocenters. The Bertz CT molecular complexity index is 665. The van der Waals surface area contributed by atoms with Crippen LogP contribution in [0, 0.1) is 0 Å². The molecule has 0 aliphatic carbocycles. The van der Waals surface area contributed by atoms with Crippen molar-refractivity contribution in [1.29, 1.82) is 0 Å². The van der Waals surface area contributed by atoms with Gasteiger partial charge in [0.25, 0.3) is 0 Å². The molecule has 2 aromatic heterocycles. The van der Waals surface area contributed by atoms with Gasteiger partial charge in [-0.3, -0.25) is 0 Å². The molecule has 17 heavy (non-hydrogen) atoms. The number of hydrogen-bond donors (Lipinski definition) is 1. The van der Waals surface area contributed by atoms with Gasteiger partial charge in [0.05, 0.1) is 5.02 Å².